The predicted octanol–water partition coefficient (Wildman–Crippen LogP) is 4.63. The first-order valence-electron chi connectivity index (χ1n) is 15.1. The Morgan fingerprint density at radius 1 is 0.953 bits per heavy atom. The average molecular weight is 585 g/mol. The van der Waals surface area contributed by atoms with Crippen molar-refractivity contribution in [3.63, 3.8) is 0 Å². The lowest BCUT2D eigenvalue weighted by molar-refractivity contribution is -0.142. The molecule has 1 aliphatic heterocycles. The van der Waals surface area contributed by atoms with E-state index in [0.29, 0.717) is 24.3 Å². The highest BCUT2D eigenvalue weighted by Crippen LogP contribution is 2.29. The zero-order valence-electron chi connectivity index (χ0n) is 24.2. The van der Waals surface area contributed by atoms with Gasteiger partial charge in [0.15, 0.2) is 0 Å². The summed E-state index contributed by atoms with van der Waals surface area (Å²) < 4.78 is 20.9. The van der Waals surface area contributed by atoms with Crippen LogP contribution < -0.4 is 10.2 Å². The second kappa shape index (κ2) is 13.3. The molecule has 3 aromatic carbocycles. The van der Waals surface area contributed by atoms with Crippen LogP contribution in [0.15, 0.2) is 72.8 Å². The van der Waals surface area contributed by atoms with Crippen LogP contribution in [-0.2, 0) is 27.4 Å². The number of aromatic nitrogens is 3. The van der Waals surface area contributed by atoms with Crippen LogP contribution in [0.2, 0.25) is 0 Å². The maximum Gasteiger partial charge on any atom is 0.247 e. The minimum Gasteiger partial charge on any atom is -0.378 e. The molecule has 0 radical (unpaired) electrons. The molecule has 0 spiro atoms. The third kappa shape index (κ3) is 6.85. The zero-order valence-corrected chi connectivity index (χ0v) is 24.2. The number of anilines is 1. The Balaban J connectivity index is 1.35. The van der Waals surface area contributed by atoms with Crippen LogP contribution >= 0.6 is 0 Å². The molecule has 1 unspecified atom stereocenters. The van der Waals surface area contributed by atoms with E-state index in [2.05, 4.69) is 20.5 Å². The fourth-order valence-corrected chi connectivity index (χ4v) is 6.05. The molecule has 6 rings (SSSR count). The summed E-state index contributed by atoms with van der Waals surface area (Å²) in [5.41, 5.74) is 3.90. The number of para-hydroxylation sites is 1. The Kier molecular flexibility index (Phi) is 8.93. The maximum atomic E-state index is 14.2. The average Bonchev–Trinajstić information content (AvgIpc) is 3.45. The number of amides is 2. The molecular formula is C33H37FN6O3. The van der Waals surface area contributed by atoms with Crippen molar-refractivity contribution in [1.29, 1.82) is 0 Å². The van der Waals surface area contributed by atoms with Crippen LogP contribution in [0.5, 0.6) is 0 Å². The number of morpholine rings is 1. The van der Waals surface area contributed by atoms with Gasteiger partial charge in [-0.3, -0.25) is 9.59 Å². The number of carbonyl (C=O) groups excluding carboxylic acids is 2. The van der Waals surface area contributed by atoms with Crippen molar-refractivity contribution in [3.05, 3.63) is 89.7 Å². The van der Waals surface area contributed by atoms with E-state index in [0.717, 1.165) is 55.5 Å². The van der Waals surface area contributed by atoms with Crippen LogP contribution in [0.25, 0.3) is 11.0 Å². The minimum absolute atomic E-state index is 0.0680. The Morgan fingerprint density at radius 3 is 2.42 bits per heavy atom. The van der Waals surface area contributed by atoms with Crippen molar-refractivity contribution < 1.29 is 18.7 Å². The van der Waals surface area contributed by atoms with E-state index < -0.39 is 6.04 Å². The normalized spacial score (nSPS) is 16.6. The third-order valence-corrected chi connectivity index (χ3v) is 8.39. The van der Waals surface area contributed by atoms with E-state index >= 15 is 0 Å². The minimum atomic E-state index is -0.895. The van der Waals surface area contributed by atoms with Crippen molar-refractivity contribution in [2.24, 2.45) is 0 Å². The summed E-state index contributed by atoms with van der Waals surface area (Å²) in [6.45, 7) is 2.97. The Hall–Kier alpha value is -4.31. The molecule has 9 nitrogen and oxygen atoms in total. The summed E-state index contributed by atoms with van der Waals surface area (Å²) in [6, 6.07) is 20.6. The van der Waals surface area contributed by atoms with Crippen LogP contribution in [0, 0.1) is 5.82 Å². The highest BCUT2D eigenvalue weighted by Gasteiger charge is 2.33. The number of hydrogen-bond acceptors (Lipinski definition) is 6. The lowest BCUT2D eigenvalue weighted by Gasteiger charge is -2.34. The number of benzene rings is 3. The molecule has 1 saturated carbocycles. The SMILES string of the molecule is O=C(NC1CCCCC1)C(c1ccc(N2CCOCC2)cc1)N(Cc1ccc(F)cc1)C(=O)Cn1nnc2ccccc21. The molecular weight excluding hydrogens is 547 g/mol. The molecule has 43 heavy (non-hydrogen) atoms. The standard InChI is InChI=1S/C33H37FN6O3/c34-26-14-10-24(11-15-26)22-39(31(41)23-40-30-9-5-4-8-29(30)36-37-40)32(33(42)35-27-6-2-1-3-7-27)25-12-16-28(17-13-25)38-18-20-43-21-19-38/h4-5,8-17,27,32H,1-3,6-7,18-23H2,(H,35,42). The zero-order chi connectivity index (χ0) is 29.6. The van der Waals surface area contributed by atoms with Gasteiger partial charge in [0.05, 0.1) is 18.7 Å². The summed E-state index contributed by atoms with van der Waals surface area (Å²) in [5, 5.41) is 11.7. The van der Waals surface area contributed by atoms with Gasteiger partial charge in [-0.2, -0.15) is 0 Å². The Labute approximate surface area is 250 Å². The first-order valence-corrected chi connectivity index (χ1v) is 15.1. The summed E-state index contributed by atoms with van der Waals surface area (Å²) in [5.74, 6) is -0.869. The molecule has 2 fully saturated rings. The van der Waals surface area contributed by atoms with Gasteiger partial charge in [0.2, 0.25) is 11.8 Å². The van der Waals surface area contributed by atoms with Gasteiger partial charge in [0, 0.05) is 31.4 Å². The van der Waals surface area contributed by atoms with Gasteiger partial charge >= 0.3 is 0 Å². The number of rotatable bonds is 9. The first-order chi connectivity index (χ1) is 21.0. The summed E-state index contributed by atoms with van der Waals surface area (Å²) in [6.07, 6.45) is 5.15. The Bertz CT molecular complexity index is 1530. The highest BCUT2D eigenvalue weighted by molar-refractivity contribution is 5.89. The van der Waals surface area contributed by atoms with E-state index in [1.165, 1.54) is 18.6 Å². The molecule has 1 aromatic heterocycles. The van der Waals surface area contributed by atoms with Crippen molar-refractivity contribution in [3.8, 4) is 0 Å². The molecule has 1 aliphatic carbocycles. The molecule has 2 heterocycles. The van der Waals surface area contributed by atoms with Gasteiger partial charge in [-0.15, -0.1) is 5.10 Å². The molecule has 1 N–H and O–H groups in total. The summed E-state index contributed by atoms with van der Waals surface area (Å²) in [4.78, 5) is 32.2. The molecule has 2 amide bonds. The van der Waals surface area contributed by atoms with Crippen molar-refractivity contribution in [1.82, 2.24) is 25.2 Å². The van der Waals surface area contributed by atoms with Crippen LogP contribution in [0.4, 0.5) is 10.1 Å². The van der Waals surface area contributed by atoms with Crippen LogP contribution in [0.3, 0.4) is 0 Å². The van der Waals surface area contributed by atoms with Crippen molar-refractivity contribution in [2.45, 2.75) is 57.3 Å². The highest BCUT2D eigenvalue weighted by atomic mass is 19.1. The van der Waals surface area contributed by atoms with Gasteiger partial charge in [0.1, 0.15) is 23.9 Å². The van der Waals surface area contributed by atoms with E-state index in [4.69, 9.17) is 4.74 Å². The molecule has 1 atom stereocenters. The monoisotopic (exact) mass is 584 g/mol. The topological polar surface area (TPSA) is 92.6 Å². The number of nitrogens with one attached hydrogen (secondary N) is 1. The van der Waals surface area contributed by atoms with Crippen molar-refractivity contribution in [2.75, 3.05) is 31.2 Å². The quantitative estimate of drug-likeness (QED) is 0.309. The third-order valence-electron chi connectivity index (χ3n) is 8.39. The number of ether oxygens (including phenoxy) is 1. The van der Waals surface area contributed by atoms with E-state index in [9.17, 15) is 14.0 Å². The number of nitrogens with zero attached hydrogens (tertiary/aromatic N) is 5. The molecule has 1 saturated heterocycles. The van der Waals surface area contributed by atoms with Gasteiger partial charge in [-0.05, 0) is 60.4 Å². The fraction of sp³-hybridized carbons (Fsp3) is 0.394. The lowest BCUT2D eigenvalue weighted by atomic mass is 9.94. The molecule has 4 aromatic rings. The molecule has 224 valence electrons. The van der Waals surface area contributed by atoms with Crippen LogP contribution in [0.1, 0.15) is 49.3 Å². The number of fused-ring (bicyclic) bond motifs is 1. The predicted molar refractivity (Wildman–Crippen MR) is 162 cm³/mol. The number of hydrogen-bond donors (Lipinski definition) is 1. The van der Waals surface area contributed by atoms with Gasteiger partial charge < -0.3 is 19.9 Å². The van der Waals surface area contributed by atoms with Gasteiger partial charge in [-0.25, -0.2) is 9.07 Å². The maximum absolute atomic E-state index is 14.2. The largest absolute Gasteiger partial charge is 0.378 e. The molecule has 0 bridgehead atoms. The number of halogens is 1. The molecule has 2 aliphatic rings. The van der Waals surface area contributed by atoms with Crippen LogP contribution in [-0.4, -0.2) is 64.1 Å². The second-order valence-corrected chi connectivity index (χ2v) is 11.3. The smallest absolute Gasteiger partial charge is 0.247 e. The molecule has 10 heteroatoms. The van der Waals surface area contributed by atoms with Gasteiger partial charge in [-0.1, -0.05) is 60.9 Å². The number of carbonyl (C=O) groups is 2. The second-order valence-electron chi connectivity index (χ2n) is 11.3. The summed E-state index contributed by atoms with van der Waals surface area (Å²) in [7, 11) is 0. The fourth-order valence-electron chi connectivity index (χ4n) is 6.05. The van der Waals surface area contributed by atoms with E-state index in [1.54, 1.807) is 21.7 Å². The Morgan fingerprint density at radius 2 is 1.67 bits per heavy atom. The van der Waals surface area contributed by atoms with Gasteiger partial charge in [0.25, 0.3) is 0 Å². The van der Waals surface area contributed by atoms with Crippen molar-refractivity contribution >= 4 is 28.5 Å². The summed E-state index contributed by atoms with van der Waals surface area (Å²) >= 11 is 0. The first kappa shape index (κ1) is 28.8. The van der Waals surface area contributed by atoms with E-state index in [-0.39, 0.29) is 36.8 Å². The van der Waals surface area contributed by atoms with E-state index in [1.807, 2.05) is 48.5 Å². The lowest BCUT2D eigenvalue weighted by Crippen LogP contribution is -2.47.